The molecule has 0 saturated carbocycles. The first-order valence-corrected chi connectivity index (χ1v) is 10.9. The first-order chi connectivity index (χ1) is 13.5. The molecule has 0 aliphatic carbocycles. The number of hydrogen-bond donors (Lipinski definition) is 3. The van der Waals surface area contributed by atoms with Crippen molar-refractivity contribution >= 4 is 33.1 Å². The highest BCUT2D eigenvalue weighted by Gasteiger charge is 2.38. The molecule has 0 saturated heterocycles. The van der Waals surface area contributed by atoms with Gasteiger partial charge < -0.3 is 10.6 Å². The van der Waals surface area contributed by atoms with E-state index in [2.05, 4.69) is 25.3 Å². The van der Waals surface area contributed by atoms with Gasteiger partial charge in [-0.1, -0.05) is 0 Å². The smallest absolute Gasteiger partial charge is 0.275 e. The number of rotatable bonds is 7. The second kappa shape index (κ2) is 7.56. The predicted molar refractivity (Wildman–Crippen MR) is 110 cm³/mol. The highest BCUT2D eigenvalue weighted by molar-refractivity contribution is 7.88. The summed E-state index contributed by atoms with van der Waals surface area (Å²) in [5, 5.41) is 5.99. The number of hydrogen-bond acceptors (Lipinski definition) is 8. The summed E-state index contributed by atoms with van der Waals surface area (Å²) in [6.07, 6.45) is 2.71. The molecule has 2 aromatic rings. The van der Waals surface area contributed by atoms with Gasteiger partial charge >= 0.3 is 0 Å². The summed E-state index contributed by atoms with van der Waals surface area (Å²) in [4.78, 5) is 33.5. The number of Topliss-reactive ketones (excluding diaryl/α,β-unsaturated/α-hetero) is 1. The van der Waals surface area contributed by atoms with Crippen molar-refractivity contribution in [2.75, 3.05) is 30.0 Å². The summed E-state index contributed by atoms with van der Waals surface area (Å²) >= 11 is 0. The van der Waals surface area contributed by atoms with Gasteiger partial charge in [0.25, 0.3) is 5.56 Å². The molecule has 0 fully saturated rings. The zero-order chi connectivity index (χ0) is 21.4. The van der Waals surface area contributed by atoms with Gasteiger partial charge in [-0.25, -0.2) is 23.1 Å². The van der Waals surface area contributed by atoms with Gasteiger partial charge in [-0.3, -0.25) is 14.2 Å². The number of pyridine rings is 1. The van der Waals surface area contributed by atoms with Gasteiger partial charge in [0.2, 0.25) is 10.0 Å². The third-order valence-electron chi connectivity index (χ3n) is 4.58. The molecule has 0 spiro atoms. The van der Waals surface area contributed by atoms with E-state index in [4.69, 9.17) is 0 Å². The van der Waals surface area contributed by atoms with Crippen LogP contribution >= 0.6 is 0 Å². The Morgan fingerprint density at radius 2 is 1.83 bits per heavy atom. The average molecular weight is 420 g/mol. The number of fused-ring (bicyclic) bond motifs is 1. The van der Waals surface area contributed by atoms with E-state index >= 15 is 0 Å². The molecule has 0 bridgehead atoms. The number of nitrogens with zero attached hydrogens (tertiary/aromatic N) is 3. The van der Waals surface area contributed by atoms with Gasteiger partial charge in [0.15, 0.2) is 5.78 Å². The SMILES string of the molecule is Cc1cc(Nc2cc(NCCNS(C)(=O)=O)ncn2)c(=O)n2c1C(=O)CC2(C)C. The fourth-order valence-corrected chi connectivity index (χ4v) is 3.87. The zero-order valence-corrected chi connectivity index (χ0v) is 17.6. The molecule has 10 nitrogen and oxygen atoms in total. The van der Waals surface area contributed by atoms with Crippen LogP contribution in [0.4, 0.5) is 17.3 Å². The van der Waals surface area contributed by atoms with E-state index in [1.54, 1.807) is 23.6 Å². The second-order valence-corrected chi connectivity index (χ2v) is 9.48. The first-order valence-electron chi connectivity index (χ1n) is 9.06. The van der Waals surface area contributed by atoms with Gasteiger partial charge in [0, 0.05) is 25.6 Å². The van der Waals surface area contributed by atoms with E-state index < -0.39 is 15.6 Å². The molecule has 0 atom stereocenters. The number of aryl methyl sites for hydroxylation is 1. The van der Waals surface area contributed by atoms with Crippen molar-refractivity contribution in [2.24, 2.45) is 0 Å². The molecule has 3 rings (SSSR count). The quantitative estimate of drug-likeness (QED) is 0.564. The van der Waals surface area contributed by atoms with Crippen LogP contribution in [0.5, 0.6) is 0 Å². The Labute approximate surface area is 168 Å². The minimum absolute atomic E-state index is 0.0348. The molecule has 3 N–H and O–H groups in total. The van der Waals surface area contributed by atoms with Gasteiger partial charge in [-0.15, -0.1) is 0 Å². The fourth-order valence-electron chi connectivity index (χ4n) is 3.40. The largest absolute Gasteiger partial charge is 0.369 e. The molecule has 0 aromatic carbocycles. The Kier molecular flexibility index (Phi) is 5.46. The van der Waals surface area contributed by atoms with Crippen molar-refractivity contribution in [3.63, 3.8) is 0 Å². The third kappa shape index (κ3) is 4.62. The van der Waals surface area contributed by atoms with Crippen LogP contribution in [0.25, 0.3) is 0 Å². The Balaban J connectivity index is 1.80. The maximum atomic E-state index is 13.0. The van der Waals surface area contributed by atoms with Crippen molar-refractivity contribution in [3.8, 4) is 0 Å². The Hall–Kier alpha value is -2.79. The van der Waals surface area contributed by atoms with Gasteiger partial charge in [-0.2, -0.15) is 0 Å². The molecular formula is C18H24N6O4S. The van der Waals surface area contributed by atoms with Gasteiger partial charge in [0.1, 0.15) is 23.7 Å². The van der Waals surface area contributed by atoms with E-state index in [0.29, 0.717) is 29.6 Å². The average Bonchev–Trinajstić information content (AvgIpc) is 2.85. The molecule has 29 heavy (non-hydrogen) atoms. The van der Waals surface area contributed by atoms with Crippen LogP contribution < -0.4 is 20.9 Å². The number of carbonyl (C=O) groups excluding carboxylic acids is 1. The number of ketones is 1. The summed E-state index contributed by atoms with van der Waals surface area (Å²) < 4.78 is 26.1. The summed E-state index contributed by atoms with van der Waals surface area (Å²) in [6, 6.07) is 3.27. The van der Waals surface area contributed by atoms with Crippen LogP contribution in [-0.2, 0) is 15.6 Å². The Morgan fingerprint density at radius 1 is 1.14 bits per heavy atom. The monoisotopic (exact) mass is 420 g/mol. The van der Waals surface area contributed by atoms with Crippen LogP contribution in [0.3, 0.4) is 0 Å². The number of aromatic nitrogens is 3. The molecule has 0 unspecified atom stereocenters. The lowest BCUT2D eigenvalue weighted by atomic mass is 10.0. The molecule has 156 valence electrons. The minimum atomic E-state index is -3.25. The van der Waals surface area contributed by atoms with Crippen LogP contribution in [0.15, 0.2) is 23.3 Å². The molecule has 11 heteroatoms. The van der Waals surface area contributed by atoms with Crippen LogP contribution in [-0.4, -0.2) is 48.1 Å². The zero-order valence-electron chi connectivity index (χ0n) is 16.7. The standard InChI is InChI=1S/C18H24N6O4S/c1-11-7-12(17(26)24-16(11)13(25)9-18(24,2)3)23-15-8-14(20-10-21-15)19-5-6-22-29(4,27)28/h7-8,10,22H,5-6,9H2,1-4H3,(H2,19,20,21,23). The molecule has 3 heterocycles. The fraction of sp³-hybridized carbons (Fsp3) is 0.444. The van der Waals surface area contributed by atoms with Crippen LogP contribution in [0.2, 0.25) is 0 Å². The van der Waals surface area contributed by atoms with Crippen molar-refractivity contribution in [2.45, 2.75) is 32.7 Å². The first kappa shape index (κ1) is 20.9. The van der Waals surface area contributed by atoms with E-state index in [1.165, 1.54) is 6.33 Å². The number of anilines is 3. The molecular weight excluding hydrogens is 396 g/mol. The Bertz CT molecular complexity index is 1120. The molecule has 2 aromatic heterocycles. The molecule has 1 aliphatic rings. The number of carbonyl (C=O) groups is 1. The molecule has 0 amide bonds. The molecule has 1 aliphatic heterocycles. The summed E-state index contributed by atoms with van der Waals surface area (Å²) in [5.41, 5.74) is 0.622. The van der Waals surface area contributed by atoms with E-state index in [9.17, 15) is 18.0 Å². The summed E-state index contributed by atoms with van der Waals surface area (Å²) in [5.74, 6) is 0.844. The summed E-state index contributed by atoms with van der Waals surface area (Å²) in [7, 11) is -3.25. The van der Waals surface area contributed by atoms with Crippen molar-refractivity contribution < 1.29 is 13.2 Å². The minimum Gasteiger partial charge on any atom is -0.369 e. The summed E-state index contributed by atoms with van der Waals surface area (Å²) in [6.45, 7) is 6.07. The maximum absolute atomic E-state index is 13.0. The number of nitrogens with one attached hydrogen (secondary N) is 3. The lowest BCUT2D eigenvalue weighted by Crippen LogP contribution is -2.34. The predicted octanol–water partition coefficient (Wildman–Crippen LogP) is 0.973. The van der Waals surface area contributed by atoms with Crippen LogP contribution in [0, 0.1) is 6.92 Å². The highest BCUT2D eigenvalue weighted by Crippen LogP contribution is 2.32. The lowest BCUT2D eigenvalue weighted by Gasteiger charge is -2.22. The molecule has 0 radical (unpaired) electrons. The van der Waals surface area contributed by atoms with Gasteiger partial charge in [0.05, 0.1) is 17.5 Å². The van der Waals surface area contributed by atoms with Crippen molar-refractivity contribution in [1.82, 2.24) is 19.3 Å². The van der Waals surface area contributed by atoms with Crippen molar-refractivity contribution in [3.05, 3.63) is 40.1 Å². The van der Waals surface area contributed by atoms with E-state index in [0.717, 1.165) is 11.8 Å². The normalized spacial score (nSPS) is 15.2. The maximum Gasteiger partial charge on any atom is 0.275 e. The second-order valence-electron chi connectivity index (χ2n) is 7.65. The topological polar surface area (TPSA) is 135 Å². The lowest BCUT2D eigenvalue weighted by molar-refractivity contribution is 0.0978. The Morgan fingerprint density at radius 3 is 2.52 bits per heavy atom. The van der Waals surface area contributed by atoms with E-state index in [-0.39, 0.29) is 24.3 Å². The van der Waals surface area contributed by atoms with Crippen LogP contribution in [0.1, 0.15) is 36.3 Å². The highest BCUT2D eigenvalue weighted by atomic mass is 32.2. The van der Waals surface area contributed by atoms with Crippen molar-refractivity contribution in [1.29, 1.82) is 0 Å². The van der Waals surface area contributed by atoms with Gasteiger partial charge in [-0.05, 0) is 32.4 Å². The van der Waals surface area contributed by atoms with E-state index in [1.807, 2.05) is 13.8 Å². The number of sulfonamides is 1. The third-order valence-corrected chi connectivity index (χ3v) is 5.31.